The number of hydrogen-bond donors (Lipinski definition) is 3. The summed E-state index contributed by atoms with van der Waals surface area (Å²) in [6.07, 6.45) is -5.49. The molecule has 25 heavy (non-hydrogen) atoms. The minimum atomic E-state index is -4.67. The first-order valence-electron chi connectivity index (χ1n) is 7.05. The molecule has 2 aromatic rings. The van der Waals surface area contributed by atoms with Gasteiger partial charge in [-0.3, -0.25) is 0 Å². The van der Waals surface area contributed by atoms with Crippen molar-refractivity contribution in [3.8, 4) is 11.5 Å². The molecule has 0 spiro atoms. The Hall–Kier alpha value is -2.61. The van der Waals surface area contributed by atoms with Gasteiger partial charge < -0.3 is 20.5 Å². The van der Waals surface area contributed by atoms with Crippen LogP contribution in [0.3, 0.4) is 0 Å². The van der Waals surface area contributed by atoms with E-state index in [2.05, 4.69) is 10.6 Å². The molecule has 0 fully saturated rings. The molecular formula is C16H14ClF3N2O3. The number of aromatic hydroxyl groups is 1. The van der Waals surface area contributed by atoms with Crippen molar-refractivity contribution in [3.05, 3.63) is 53.1 Å². The fourth-order valence-corrected chi connectivity index (χ4v) is 2.13. The number of benzene rings is 2. The number of urea groups is 1. The van der Waals surface area contributed by atoms with Gasteiger partial charge in [-0.05, 0) is 49.4 Å². The lowest BCUT2D eigenvalue weighted by atomic mass is 10.1. The fraction of sp³-hybridized carbons (Fsp3) is 0.188. The number of carbonyl (C=O) groups is 1. The van der Waals surface area contributed by atoms with E-state index in [1.54, 1.807) is 0 Å². The number of phenols is 1. The van der Waals surface area contributed by atoms with Crippen LogP contribution in [-0.2, 0) is 6.18 Å². The van der Waals surface area contributed by atoms with Gasteiger partial charge >= 0.3 is 12.2 Å². The third-order valence-electron chi connectivity index (χ3n) is 3.02. The Morgan fingerprint density at radius 2 is 1.84 bits per heavy atom. The summed E-state index contributed by atoms with van der Waals surface area (Å²) < 4.78 is 44.3. The Balaban J connectivity index is 2.01. The summed E-state index contributed by atoms with van der Waals surface area (Å²) >= 11 is 5.58. The molecule has 0 saturated carbocycles. The number of alkyl halides is 3. The molecule has 0 aromatic heterocycles. The van der Waals surface area contributed by atoms with Crippen molar-refractivity contribution < 1.29 is 27.8 Å². The Morgan fingerprint density at radius 3 is 2.44 bits per heavy atom. The zero-order valence-corrected chi connectivity index (χ0v) is 13.7. The summed E-state index contributed by atoms with van der Waals surface area (Å²) in [7, 11) is 0. The molecule has 0 bridgehead atoms. The second-order valence-electron chi connectivity index (χ2n) is 5.04. The lowest BCUT2D eigenvalue weighted by Crippen LogP contribution is -2.39. The molecule has 9 heteroatoms. The Labute approximate surface area is 146 Å². The van der Waals surface area contributed by atoms with Crippen LogP contribution in [0.1, 0.15) is 12.5 Å². The highest BCUT2D eigenvalue weighted by Crippen LogP contribution is 2.36. The number of amides is 2. The Kier molecular flexibility index (Phi) is 5.63. The van der Waals surface area contributed by atoms with Crippen molar-refractivity contribution in [2.24, 2.45) is 0 Å². The molecule has 2 amide bonds. The lowest BCUT2D eigenvalue weighted by Gasteiger charge is -2.18. The second-order valence-corrected chi connectivity index (χ2v) is 5.48. The van der Waals surface area contributed by atoms with E-state index >= 15 is 0 Å². The highest BCUT2D eigenvalue weighted by atomic mass is 35.5. The zero-order chi connectivity index (χ0) is 18.6. The van der Waals surface area contributed by atoms with Crippen molar-refractivity contribution in [1.29, 1.82) is 0 Å². The van der Waals surface area contributed by atoms with Gasteiger partial charge in [-0.15, -0.1) is 0 Å². The third-order valence-corrected chi connectivity index (χ3v) is 3.25. The van der Waals surface area contributed by atoms with Gasteiger partial charge in [0.15, 0.2) is 6.23 Å². The molecule has 5 nitrogen and oxygen atoms in total. The van der Waals surface area contributed by atoms with Crippen LogP contribution in [0.25, 0.3) is 0 Å². The molecule has 2 rings (SSSR count). The number of hydrogen-bond acceptors (Lipinski definition) is 3. The van der Waals surface area contributed by atoms with E-state index in [0.29, 0.717) is 5.75 Å². The maximum atomic E-state index is 13.0. The van der Waals surface area contributed by atoms with Gasteiger partial charge in [-0.1, -0.05) is 11.6 Å². The molecule has 3 N–H and O–H groups in total. The normalized spacial score (nSPS) is 12.4. The van der Waals surface area contributed by atoms with E-state index in [-0.39, 0.29) is 10.8 Å². The Morgan fingerprint density at radius 1 is 1.20 bits per heavy atom. The standard InChI is InChI=1S/C16H14ClF3N2O3/c1-9(25-12-5-3-11(23)4-6-12)21-15(24)22-14-7-2-10(17)8-13(14)16(18,19)20/h2-9,23H,1H3,(H2,21,22,24). The molecule has 0 aliphatic carbocycles. The van der Waals surface area contributed by atoms with Crippen molar-refractivity contribution in [1.82, 2.24) is 5.32 Å². The first-order chi connectivity index (χ1) is 11.6. The van der Waals surface area contributed by atoms with Crippen LogP contribution >= 0.6 is 11.6 Å². The van der Waals surface area contributed by atoms with Crippen LogP contribution in [0.15, 0.2) is 42.5 Å². The highest BCUT2D eigenvalue weighted by molar-refractivity contribution is 6.30. The van der Waals surface area contributed by atoms with Crippen LogP contribution < -0.4 is 15.4 Å². The van der Waals surface area contributed by atoms with E-state index < -0.39 is 29.7 Å². The number of halogens is 4. The van der Waals surface area contributed by atoms with Gasteiger partial charge in [-0.2, -0.15) is 13.2 Å². The van der Waals surface area contributed by atoms with Gasteiger partial charge in [0, 0.05) is 5.02 Å². The number of nitrogens with one attached hydrogen (secondary N) is 2. The average Bonchev–Trinajstić information content (AvgIpc) is 2.50. The summed E-state index contributed by atoms with van der Waals surface area (Å²) in [6.45, 7) is 1.50. The first kappa shape index (κ1) is 18.7. The van der Waals surface area contributed by atoms with E-state index in [1.807, 2.05) is 0 Å². The molecule has 1 unspecified atom stereocenters. The zero-order valence-electron chi connectivity index (χ0n) is 12.9. The highest BCUT2D eigenvalue weighted by Gasteiger charge is 2.34. The van der Waals surface area contributed by atoms with Gasteiger partial charge in [0.1, 0.15) is 11.5 Å². The molecule has 0 aliphatic rings. The van der Waals surface area contributed by atoms with Crippen LogP contribution in [0.2, 0.25) is 5.02 Å². The van der Waals surface area contributed by atoms with Crippen molar-refractivity contribution in [3.63, 3.8) is 0 Å². The SMILES string of the molecule is CC(NC(=O)Nc1ccc(Cl)cc1C(F)(F)F)Oc1ccc(O)cc1. The maximum Gasteiger partial charge on any atom is 0.418 e. The average molecular weight is 375 g/mol. The quantitative estimate of drug-likeness (QED) is 0.684. The van der Waals surface area contributed by atoms with E-state index in [0.717, 1.165) is 12.1 Å². The molecule has 1 atom stereocenters. The molecule has 0 aliphatic heterocycles. The summed E-state index contributed by atoms with van der Waals surface area (Å²) in [5.41, 5.74) is -1.48. The Bertz CT molecular complexity index is 751. The summed E-state index contributed by atoms with van der Waals surface area (Å²) in [5.74, 6) is 0.418. The minimum Gasteiger partial charge on any atom is -0.508 e. The van der Waals surface area contributed by atoms with E-state index in [1.165, 1.54) is 37.3 Å². The number of anilines is 1. The summed E-state index contributed by atoms with van der Waals surface area (Å²) in [5, 5.41) is 13.6. The largest absolute Gasteiger partial charge is 0.508 e. The monoisotopic (exact) mass is 374 g/mol. The molecule has 0 heterocycles. The smallest absolute Gasteiger partial charge is 0.418 e. The van der Waals surface area contributed by atoms with Gasteiger partial charge in [-0.25, -0.2) is 4.79 Å². The number of carbonyl (C=O) groups excluding carboxylic acids is 1. The van der Waals surface area contributed by atoms with Gasteiger partial charge in [0.25, 0.3) is 0 Å². The first-order valence-corrected chi connectivity index (χ1v) is 7.43. The maximum absolute atomic E-state index is 13.0. The van der Waals surface area contributed by atoms with Gasteiger partial charge in [0.05, 0.1) is 11.3 Å². The predicted molar refractivity (Wildman–Crippen MR) is 86.8 cm³/mol. The van der Waals surface area contributed by atoms with Crippen molar-refractivity contribution >= 4 is 23.3 Å². The van der Waals surface area contributed by atoms with Crippen molar-refractivity contribution in [2.75, 3.05) is 5.32 Å². The molecule has 0 saturated heterocycles. The van der Waals surface area contributed by atoms with E-state index in [4.69, 9.17) is 16.3 Å². The number of rotatable bonds is 4. The molecular weight excluding hydrogens is 361 g/mol. The topological polar surface area (TPSA) is 70.6 Å². The number of phenolic OH excluding ortho intramolecular Hbond substituents is 1. The van der Waals surface area contributed by atoms with Gasteiger partial charge in [0.2, 0.25) is 0 Å². The van der Waals surface area contributed by atoms with Crippen LogP contribution in [0.4, 0.5) is 23.7 Å². The van der Waals surface area contributed by atoms with E-state index in [9.17, 15) is 23.1 Å². The molecule has 0 radical (unpaired) electrons. The van der Waals surface area contributed by atoms with Crippen LogP contribution in [0.5, 0.6) is 11.5 Å². The predicted octanol–water partition coefficient (Wildman–Crippen LogP) is 4.61. The minimum absolute atomic E-state index is 0.0492. The second kappa shape index (κ2) is 7.52. The van der Waals surface area contributed by atoms with Crippen LogP contribution in [-0.4, -0.2) is 17.4 Å². The third kappa shape index (κ3) is 5.46. The lowest BCUT2D eigenvalue weighted by molar-refractivity contribution is -0.136. The summed E-state index contributed by atoms with van der Waals surface area (Å²) in [4.78, 5) is 11.9. The summed E-state index contributed by atoms with van der Waals surface area (Å²) in [6, 6.07) is 7.90. The molecule has 2 aromatic carbocycles. The fourth-order valence-electron chi connectivity index (χ4n) is 1.96. The molecule has 134 valence electrons. The van der Waals surface area contributed by atoms with Crippen molar-refractivity contribution in [2.45, 2.75) is 19.3 Å². The number of ether oxygens (including phenoxy) is 1. The van der Waals surface area contributed by atoms with Crippen LogP contribution in [0, 0.1) is 0 Å².